The van der Waals surface area contributed by atoms with Crippen LogP contribution < -0.4 is 5.32 Å². The molecule has 0 heterocycles. The number of allylic oxidation sites excluding steroid dienone is 1. The average molecular weight is 199 g/mol. The number of amides is 1. The minimum Gasteiger partial charge on any atom is -0.480 e. The van der Waals surface area contributed by atoms with Gasteiger partial charge in [0.15, 0.2) is 0 Å². The van der Waals surface area contributed by atoms with E-state index in [0.717, 1.165) is 6.42 Å². The van der Waals surface area contributed by atoms with Crippen LogP contribution in [0.3, 0.4) is 0 Å². The molecule has 1 atom stereocenters. The lowest BCUT2D eigenvalue weighted by atomic mass is 10.1. The molecule has 14 heavy (non-hydrogen) atoms. The first-order valence-corrected chi connectivity index (χ1v) is 4.74. The second kappa shape index (κ2) is 7.12. The molecule has 0 rings (SSSR count). The highest BCUT2D eigenvalue weighted by molar-refractivity contribution is 5.83. The monoisotopic (exact) mass is 199 g/mol. The average Bonchev–Trinajstić information content (AvgIpc) is 2.14. The van der Waals surface area contributed by atoms with Gasteiger partial charge in [0, 0.05) is 6.42 Å². The number of carbonyl (C=O) groups is 2. The van der Waals surface area contributed by atoms with Crippen LogP contribution in [-0.2, 0) is 9.59 Å². The molecule has 4 heteroatoms. The molecule has 0 aromatic carbocycles. The third-order valence-electron chi connectivity index (χ3n) is 1.79. The summed E-state index contributed by atoms with van der Waals surface area (Å²) in [5, 5.41) is 11.2. The first kappa shape index (κ1) is 12.7. The van der Waals surface area contributed by atoms with Crippen LogP contribution in [0.2, 0.25) is 0 Å². The van der Waals surface area contributed by atoms with E-state index in [1.807, 2.05) is 6.92 Å². The van der Waals surface area contributed by atoms with Crippen molar-refractivity contribution in [3.05, 3.63) is 12.7 Å². The first-order chi connectivity index (χ1) is 6.61. The number of carboxylic acids is 1. The van der Waals surface area contributed by atoms with Crippen molar-refractivity contribution < 1.29 is 14.7 Å². The number of hydrogen-bond acceptors (Lipinski definition) is 2. The van der Waals surface area contributed by atoms with Crippen LogP contribution in [0, 0.1) is 0 Å². The van der Waals surface area contributed by atoms with Crippen molar-refractivity contribution in [2.45, 2.75) is 38.6 Å². The highest BCUT2D eigenvalue weighted by Crippen LogP contribution is 1.98. The molecule has 0 aliphatic carbocycles. The Morgan fingerprint density at radius 2 is 2.21 bits per heavy atom. The van der Waals surface area contributed by atoms with E-state index in [1.54, 1.807) is 6.08 Å². The quantitative estimate of drug-likeness (QED) is 0.608. The van der Waals surface area contributed by atoms with Crippen molar-refractivity contribution in [1.29, 1.82) is 0 Å². The van der Waals surface area contributed by atoms with Gasteiger partial charge in [0.2, 0.25) is 5.91 Å². The Labute approximate surface area is 84.0 Å². The number of aliphatic carboxylic acids is 1. The van der Waals surface area contributed by atoms with E-state index in [1.165, 1.54) is 0 Å². The topological polar surface area (TPSA) is 66.4 Å². The van der Waals surface area contributed by atoms with Gasteiger partial charge in [-0.3, -0.25) is 4.79 Å². The smallest absolute Gasteiger partial charge is 0.326 e. The predicted molar refractivity (Wildman–Crippen MR) is 53.9 cm³/mol. The van der Waals surface area contributed by atoms with Crippen LogP contribution in [-0.4, -0.2) is 23.0 Å². The van der Waals surface area contributed by atoms with Gasteiger partial charge in [-0.25, -0.2) is 4.79 Å². The summed E-state index contributed by atoms with van der Waals surface area (Å²) in [5.74, 6) is -1.20. The molecule has 4 nitrogen and oxygen atoms in total. The second-order valence-corrected chi connectivity index (χ2v) is 3.07. The van der Waals surface area contributed by atoms with Gasteiger partial charge < -0.3 is 10.4 Å². The van der Waals surface area contributed by atoms with E-state index in [0.29, 0.717) is 19.3 Å². The molecule has 0 aromatic heterocycles. The number of carbonyl (C=O) groups excluding carboxylic acids is 1. The zero-order valence-corrected chi connectivity index (χ0v) is 8.45. The number of nitrogens with one attached hydrogen (secondary N) is 1. The van der Waals surface area contributed by atoms with Crippen LogP contribution >= 0.6 is 0 Å². The number of hydrogen-bond donors (Lipinski definition) is 2. The molecule has 0 spiro atoms. The van der Waals surface area contributed by atoms with Gasteiger partial charge in [-0.2, -0.15) is 0 Å². The lowest BCUT2D eigenvalue weighted by Gasteiger charge is -2.12. The van der Waals surface area contributed by atoms with Crippen LogP contribution in [0.5, 0.6) is 0 Å². The third kappa shape index (κ3) is 5.35. The molecule has 80 valence electrons. The molecule has 0 saturated carbocycles. The fourth-order valence-electron chi connectivity index (χ4n) is 1.05. The standard InChI is InChI=1S/C10H17NO3/c1-3-5-7-9(12)11-8(6-4-2)10(13)14/h3,8H,1,4-7H2,2H3,(H,11,12)(H,13,14)/t8-/m0/s1. The molecule has 0 saturated heterocycles. The largest absolute Gasteiger partial charge is 0.480 e. The minimum atomic E-state index is -0.973. The molecule has 0 aliphatic rings. The summed E-state index contributed by atoms with van der Waals surface area (Å²) in [5.41, 5.74) is 0. The molecule has 0 unspecified atom stereocenters. The third-order valence-corrected chi connectivity index (χ3v) is 1.79. The predicted octanol–water partition coefficient (Wildman–Crippen LogP) is 1.32. The van der Waals surface area contributed by atoms with Crippen molar-refractivity contribution in [3.63, 3.8) is 0 Å². The van der Waals surface area contributed by atoms with E-state index in [2.05, 4.69) is 11.9 Å². The molecule has 0 aliphatic heterocycles. The van der Waals surface area contributed by atoms with E-state index in [-0.39, 0.29) is 5.91 Å². The molecule has 1 amide bonds. The SMILES string of the molecule is C=CCCC(=O)N[C@@H](CCC)C(=O)O. The Kier molecular flexibility index (Phi) is 6.45. The Morgan fingerprint density at radius 1 is 1.57 bits per heavy atom. The molecule has 0 bridgehead atoms. The van der Waals surface area contributed by atoms with E-state index in [9.17, 15) is 9.59 Å². The Bertz CT molecular complexity index is 213. The zero-order valence-electron chi connectivity index (χ0n) is 8.45. The van der Waals surface area contributed by atoms with Gasteiger partial charge in [0.1, 0.15) is 6.04 Å². The minimum absolute atomic E-state index is 0.231. The summed E-state index contributed by atoms with van der Waals surface area (Å²) in [4.78, 5) is 21.8. The summed E-state index contributed by atoms with van der Waals surface area (Å²) >= 11 is 0. The van der Waals surface area contributed by atoms with Crippen LogP contribution in [0.4, 0.5) is 0 Å². The normalized spacial score (nSPS) is 11.8. The zero-order chi connectivity index (χ0) is 11.0. The maximum absolute atomic E-state index is 11.2. The highest BCUT2D eigenvalue weighted by Gasteiger charge is 2.17. The molecule has 0 radical (unpaired) electrons. The van der Waals surface area contributed by atoms with Gasteiger partial charge in [-0.05, 0) is 12.8 Å². The molecule has 0 aromatic rings. The first-order valence-electron chi connectivity index (χ1n) is 4.74. The molecular weight excluding hydrogens is 182 g/mol. The second-order valence-electron chi connectivity index (χ2n) is 3.07. The summed E-state index contributed by atoms with van der Waals surface area (Å²) in [6, 6.07) is -0.752. The Balaban J connectivity index is 3.95. The maximum Gasteiger partial charge on any atom is 0.326 e. The van der Waals surface area contributed by atoms with Crippen molar-refractivity contribution in [3.8, 4) is 0 Å². The van der Waals surface area contributed by atoms with Gasteiger partial charge in [0.05, 0.1) is 0 Å². The molecule has 2 N–H and O–H groups in total. The van der Waals surface area contributed by atoms with Crippen molar-refractivity contribution >= 4 is 11.9 Å². The number of rotatable bonds is 7. The van der Waals surface area contributed by atoms with Crippen LogP contribution in [0.1, 0.15) is 32.6 Å². The lowest BCUT2D eigenvalue weighted by Crippen LogP contribution is -2.40. The van der Waals surface area contributed by atoms with Crippen LogP contribution in [0.15, 0.2) is 12.7 Å². The van der Waals surface area contributed by atoms with Gasteiger partial charge >= 0.3 is 5.97 Å². The van der Waals surface area contributed by atoms with Crippen molar-refractivity contribution in [2.24, 2.45) is 0 Å². The fourth-order valence-corrected chi connectivity index (χ4v) is 1.05. The molecular formula is C10H17NO3. The number of carboxylic acid groups (broad SMARTS) is 1. The summed E-state index contributed by atoms with van der Waals surface area (Å²) in [7, 11) is 0. The lowest BCUT2D eigenvalue weighted by molar-refractivity contribution is -0.142. The summed E-state index contributed by atoms with van der Waals surface area (Å²) in [6.07, 6.45) is 3.71. The van der Waals surface area contributed by atoms with Gasteiger partial charge in [0.25, 0.3) is 0 Å². The fraction of sp³-hybridized carbons (Fsp3) is 0.600. The van der Waals surface area contributed by atoms with Gasteiger partial charge in [-0.1, -0.05) is 19.4 Å². The Hall–Kier alpha value is -1.32. The van der Waals surface area contributed by atoms with E-state index in [4.69, 9.17) is 5.11 Å². The van der Waals surface area contributed by atoms with Crippen molar-refractivity contribution in [2.75, 3.05) is 0 Å². The van der Waals surface area contributed by atoms with E-state index >= 15 is 0 Å². The van der Waals surface area contributed by atoms with Crippen LogP contribution in [0.25, 0.3) is 0 Å². The summed E-state index contributed by atoms with van der Waals surface area (Å²) < 4.78 is 0. The Morgan fingerprint density at radius 3 is 2.64 bits per heavy atom. The summed E-state index contributed by atoms with van der Waals surface area (Å²) in [6.45, 7) is 5.37. The van der Waals surface area contributed by atoms with Gasteiger partial charge in [-0.15, -0.1) is 6.58 Å². The van der Waals surface area contributed by atoms with E-state index < -0.39 is 12.0 Å². The maximum atomic E-state index is 11.2. The highest BCUT2D eigenvalue weighted by atomic mass is 16.4. The van der Waals surface area contributed by atoms with Crippen molar-refractivity contribution in [1.82, 2.24) is 5.32 Å². The molecule has 0 fully saturated rings.